The van der Waals surface area contributed by atoms with Crippen LogP contribution < -0.4 is 10.3 Å². The van der Waals surface area contributed by atoms with Crippen LogP contribution in [0.15, 0.2) is 40.0 Å². The number of ether oxygens (including phenoxy) is 1. The highest BCUT2D eigenvalue weighted by Crippen LogP contribution is 2.21. The Balaban J connectivity index is 1.70. The fourth-order valence-electron chi connectivity index (χ4n) is 2.36. The zero-order valence-corrected chi connectivity index (χ0v) is 13.7. The molecule has 9 heteroatoms. The van der Waals surface area contributed by atoms with Crippen LogP contribution in [0.4, 0.5) is 0 Å². The van der Waals surface area contributed by atoms with Crippen LogP contribution in [0.5, 0.6) is 6.01 Å². The predicted molar refractivity (Wildman–Crippen MR) is 83.2 cm³/mol. The lowest BCUT2D eigenvalue weighted by molar-refractivity contribution is 0.147. The lowest BCUT2D eigenvalue weighted by atomic mass is 10.2. The topological polar surface area (TPSA) is 108 Å². The average Bonchev–Trinajstić information content (AvgIpc) is 2.95. The average molecular weight is 352 g/mol. The summed E-state index contributed by atoms with van der Waals surface area (Å²) in [5.41, 5.74) is 0.768. The summed E-state index contributed by atoms with van der Waals surface area (Å²) in [5, 5.41) is 9.27. The van der Waals surface area contributed by atoms with E-state index in [1.165, 1.54) is 22.8 Å². The Kier molecular flexibility index (Phi) is 4.39. The van der Waals surface area contributed by atoms with Crippen molar-refractivity contribution in [3.05, 3.63) is 51.9 Å². The van der Waals surface area contributed by atoms with Crippen molar-refractivity contribution in [2.75, 3.05) is 6.61 Å². The second-order valence-corrected chi connectivity index (χ2v) is 7.04. The number of aryl methyl sites for hydroxylation is 1. The molecule has 24 heavy (non-hydrogen) atoms. The second kappa shape index (κ2) is 6.34. The number of benzene rings is 1. The van der Waals surface area contributed by atoms with Gasteiger partial charge in [-0.2, -0.15) is 13.4 Å². The number of hydrogen-bond donors (Lipinski definition) is 1. The minimum atomic E-state index is -3.90. The van der Waals surface area contributed by atoms with Crippen molar-refractivity contribution in [1.82, 2.24) is 9.55 Å². The van der Waals surface area contributed by atoms with Crippen molar-refractivity contribution in [3.63, 3.8) is 0 Å². The Morgan fingerprint density at radius 3 is 2.75 bits per heavy atom. The van der Waals surface area contributed by atoms with Gasteiger partial charge in [0.1, 0.15) is 12.7 Å². The molecule has 0 saturated heterocycles. The van der Waals surface area contributed by atoms with Crippen molar-refractivity contribution >= 4 is 10.1 Å². The molecule has 3 rings (SSSR count). The molecule has 0 amide bonds. The quantitative estimate of drug-likeness (QED) is 0.766. The molecule has 2 heterocycles. The third-order valence-corrected chi connectivity index (χ3v) is 4.91. The van der Waals surface area contributed by atoms with E-state index in [0.717, 1.165) is 5.56 Å². The standard InChI is InChI=1S/C15H16N2O6S/c1-10-2-4-13(5-3-10)24(20,21)22-9-12-7-17-11(8-18)6-14(19)16-15(17)23-12/h2-6,12,18H,7-9H2,1H3/t12-/m0/s1. The van der Waals surface area contributed by atoms with Gasteiger partial charge < -0.3 is 9.84 Å². The van der Waals surface area contributed by atoms with Gasteiger partial charge in [0, 0.05) is 6.07 Å². The third kappa shape index (κ3) is 3.32. The molecule has 0 radical (unpaired) electrons. The fraction of sp³-hybridized carbons (Fsp3) is 0.333. The molecule has 1 aromatic heterocycles. The number of fused-ring (bicyclic) bond motifs is 1. The summed E-state index contributed by atoms with van der Waals surface area (Å²) in [7, 11) is -3.90. The van der Waals surface area contributed by atoms with E-state index >= 15 is 0 Å². The van der Waals surface area contributed by atoms with Crippen molar-refractivity contribution in [3.8, 4) is 6.01 Å². The Bertz CT molecular complexity index is 905. The van der Waals surface area contributed by atoms with Crippen LogP contribution in [0.2, 0.25) is 0 Å². The highest BCUT2D eigenvalue weighted by Gasteiger charge is 2.28. The first-order chi connectivity index (χ1) is 11.4. The number of rotatable bonds is 5. The molecule has 0 unspecified atom stereocenters. The monoisotopic (exact) mass is 352 g/mol. The molecule has 0 aliphatic carbocycles. The van der Waals surface area contributed by atoms with E-state index in [1.807, 2.05) is 6.92 Å². The molecule has 2 aromatic rings. The van der Waals surface area contributed by atoms with Crippen molar-refractivity contribution in [2.45, 2.75) is 31.1 Å². The van der Waals surface area contributed by atoms with Gasteiger partial charge in [-0.15, -0.1) is 0 Å². The van der Waals surface area contributed by atoms with E-state index in [9.17, 15) is 18.3 Å². The number of aliphatic hydroxyl groups excluding tert-OH is 1. The van der Waals surface area contributed by atoms with Gasteiger partial charge in [-0.05, 0) is 19.1 Å². The van der Waals surface area contributed by atoms with Crippen LogP contribution in [0.3, 0.4) is 0 Å². The van der Waals surface area contributed by atoms with Gasteiger partial charge in [-0.25, -0.2) is 0 Å². The van der Waals surface area contributed by atoms with E-state index in [0.29, 0.717) is 5.69 Å². The molecule has 1 N–H and O–H groups in total. The third-order valence-electron chi connectivity index (χ3n) is 3.61. The van der Waals surface area contributed by atoms with Crippen LogP contribution in [-0.2, 0) is 27.5 Å². The van der Waals surface area contributed by atoms with Gasteiger partial charge in [-0.1, -0.05) is 17.7 Å². The molecule has 1 aliphatic heterocycles. The molecule has 8 nitrogen and oxygen atoms in total. The molecular weight excluding hydrogens is 336 g/mol. The first kappa shape index (κ1) is 16.6. The number of hydrogen-bond acceptors (Lipinski definition) is 7. The SMILES string of the molecule is Cc1ccc(S(=O)(=O)OC[C@@H]2Cn3c(CO)cc(=O)nc3O2)cc1. The Morgan fingerprint density at radius 1 is 1.38 bits per heavy atom. The van der Waals surface area contributed by atoms with Crippen molar-refractivity contribution in [2.24, 2.45) is 0 Å². The zero-order valence-electron chi connectivity index (χ0n) is 12.9. The number of nitrogens with zero attached hydrogens (tertiary/aromatic N) is 2. The largest absolute Gasteiger partial charge is 0.457 e. The molecule has 128 valence electrons. The Labute approximate surface area is 138 Å². The van der Waals surface area contributed by atoms with Gasteiger partial charge in [-0.3, -0.25) is 13.5 Å². The smallest absolute Gasteiger partial charge is 0.300 e. The maximum absolute atomic E-state index is 12.2. The molecule has 0 fully saturated rings. The van der Waals surface area contributed by atoms with Gasteiger partial charge in [0.2, 0.25) is 0 Å². The van der Waals surface area contributed by atoms with Crippen LogP contribution in [-0.4, -0.2) is 35.8 Å². The highest BCUT2D eigenvalue weighted by atomic mass is 32.2. The van der Waals surface area contributed by atoms with E-state index < -0.39 is 21.8 Å². The van der Waals surface area contributed by atoms with Crippen LogP contribution >= 0.6 is 0 Å². The summed E-state index contributed by atoms with van der Waals surface area (Å²) in [6.45, 7) is 1.53. The lowest BCUT2D eigenvalue weighted by Gasteiger charge is -2.10. The number of aromatic nitrogens is 2. The van der Waals surface area contributed by atoms with E-state index in [4.69, 9.17) is 8.92 Å². The molecule has 1 aromatic carbocycles. The zero-order chi connectivity index (χ0) is 17.3. The van der Waals surface area contributed by atoms with E-state index in [1.54, 1.807) is 12.1 Å². The molecule has 1 aliphatic rings. The maximum atomic E-state index is 12.2. The molecule has 0 spiro atoms. The number of aliphatic hydroxyl groups is 1. The van der Waals surface area contributed by atoms with Gasteiger partial charge in [0.05, 0.1) is 23.7 Å². The van der Waals surface area contributed by atoms with E-state index in [2.05, 4.69) is 4.98 Å². The fourth-order valence-corrected chi connectivity index (χ4v) is 3.30. The van der Waals surface area contributed by atoms with Gasteiger partial charge in [0.15, 0.2) is 0 Å². The molecular formula is C15H16N2O6S. The van der Waals surface area contributed by atoms with Crippen molar-refractivity contribution in [1.29, 1.82) is 0 Å². The summed E-state index contributed by atoms with van der Waals surface area (Å²) in [4.78, 5) is 15.2. The minimum Gasteiger partial charge on any atom is -0.457 e. The summed E-state index contributed by atoms with van der Waals surface area (Å²) in [6.07, 6.45) is -0.621. The second-order valence-electron chi connectivity index (χ2n) is 5.43. The predicted octanol–water partition coefficient (Wildman–Crippen LogP) is 0.211. The summed E-state index contributed by atoms with van der Waals surface area (Å²) >= 11 is 0. The first-order valence-electron chi connectivity index (χ1n) is 7.23. The summed E-state index contributed by atoms with van der Waals surface area (Å²) in [6, 6.07) is 7.56. The molecule has 0 saturated carbocycles. The van der Waals surface area contributed by atoms with E-state index in [-0.39, 0.29) is 30.7 Å². The molecule has 1 atom stereocenters. The minimum absolute atomic E-state index is 0.0490. The van der Waals surface area contributed by atoms with Crippen LogP contribution in [0.1, 0.15) is 11.3 Å². The summed E-state index contributed by atoms with van der Waals surface area (Å²) in [5.74, 6) is 0. The highest BCUT2D eigenvalue weighted by molar-refractivity contribution is 7.86. The van der Waals surface area contributed by atoms with Crippen LogP contribution in [0, 0.1) is 6.92 Å². The van der Waals surface area contributed by atoms with Gasteiger partial charge in [0.25, 0.3) is 15.7 Å². The summed E-state index contributed by atoms with van der Waals surface area (Å²) < 4.78 is 36.3. The molecule has 0 bridgehead atoms. The van der Waals surface area contributed by atoms with Gasteiger partial charge >= 0.3 is 6.01 Å². The Morgan fingerprint density at radius 2 is 2.08 bits per heavy atom. The Hall–Kier alpha value is -2.23. The van der Waals surface area contributed by atoms with Crippen molar-refractivity contribution < 1.29 is 22.4 Å². The van der Waals surface area contributed by atoms with Crippen LogP contribution in [0.25, 0.3) is 0 Å². The first-order valence-corrected chi connectivity index (χ1v) is 8.64. The normalized spacial score (nSPS) is 16.7. The lowest BCUT2D eigenvalue weighted by Crippen LogP contribution is -2.24. The maximum Gasteiger partial charge on any atom is 0.300 e.